The maximum absolute atomic E-state index is 11.2. The molecule has 1 aromatic heterocycles. The van der Waals surface area contributed by atoms with Gasteiger partial charge in [-0.1, -0.05) is 0 Å². The van der Waals surface area contributed by atoms with Crippen LogP contribution in [0.1, 0.15) is 18.5 Å². The van der Waals surface area contributed by atoms with Crippen molar-refractivity contribution in [2.24, 2.45) is 5.73 Å². The first-order valence-electron chi connectivity index (χ1n) is 5.31. The monoisotopic (exact) mass is 257 g/mol. The number of aromatic nitrogens is 1. The van der Waals surface area contributed by atoms with Crippen LogP contribution in [0.5, 0.6) is 5.75 Å². The Hall–Kier alpha value is -1.34. The smallest absolute Gasteiger partial charge is 0.229 e. The van der Waals surface area contributed by atoms with Crippen LogP contribution < -0.4 is 15.2 Å². The normalized spacial score (nSPS) is 15.6. The van der Waals surface area contributed by atoms with Crippen LogP contribution >= 0.6 is 0 Å². The number of hydrogen-bond acceptors (Lipinski definition) is 5. The Morgan fingerprint density at radius 1 is 1.59 bits per heavy atom. The summed E-state index contributed by atoms with van der Waals surface area (Å²) in [5.74, 6) is 0.454. The van der Waals surface area contributed by atoms with E-state index in [-0.39, 0.29) is 12.6 Å². The summed E-state index contributed by atoms with van der Waals surface area (Å²) in [4.78, 5) is 4.08. The van der Waals surface area contributed by atoms with Crippen LogP contribution in [0, 0.1) is 0 Å². The number of nitrogens with zero attached hydrogens (tertiary/aromatic N) is 1. The van der Waals surface area contributed by atoms with E-state index in [0.29, 0.717) is 17.1 Å². The van der Waals surface area contributed by atoms with Crippen molar-refractivity contribution in [2.45, 2.75) is 25.5 Å². The molecule has 94 valence electrons. The summed E-state index contributed by atoms with van der Waals surface area (Å²) in [5, 5.41) is 0. The van der Waals surface area contributed by atoms with Crippen LogP contribution in [-0.2, 0) is 16.6 Å². The quantitative estimate of drug-likeness (QED) is 0.798. The second-order valence-corrected chi connectivity index (χ2v) is 5.82. The van der Waals surface area contributed by atoms with E-state index in [1.807, 2.05) is 0 Å². The lowest BCUT2D eigenvalue weighted by Gasteiger charge is -2.12. The van der Waals surface area contributed by atoms with Gasteiger partial charge in [0.25, 0.3) is 0 Å². The summed E-state index contributed by atoms with van der Waals surface area (Å²) in [5.41, 5.74) is 6.47. The first-order chi connectivity index (χ1) is 7.98. The van der Waals surface area contributed by atoms with Crippen LogP contribution in [0.4, 0.5) is 5.69 Å². The summed E-state index contributed by atoms with van der Waals surface area (Å²) in [7, 11) is -3.34. The predicted octanol–water partition coefficient (Wildman–Crippen LogP) is 0.453. The fourth-order valence-electron chi connectivity index (χ4n) is 1.34. The lowest BCUT2D eigenvalue weighted by Crippen LogP contribution is -2.13. The average Bonchev–Trinajstić information content (AvgIpc) is 3.02. The summed E-state index contributed by atoms with van der Waals surface area (Å²) in [6, 6.07) is 1.60. The fourth-order valence-corrected chi connectivity index (χ4v) is 1.90. The molecule has 6 nitrogen and oxygen atoms in total. The van der Waals surface area contributed by atoms with Crippen LogP contribution in [0.25, 0.3) is 0 Å². The minimum absolute atomic E-state index is 0.181. The highest BCUT2D eigenvalue weighted by molar-refractivity contribution is 7.92. The van der Waals surface area contributed by atoms with Crippen LogP contribution in [0.15, 0.2) is 12.3 Å². The van der Waals surface area contributed by atoms with Crippen molar-refractivity contribution in [3.05, 3.63) is 18.0 Å². The number of ether oxygens (including phenoxy) is 1. The summed E-state index contributed by atoms with van der Waals surface area (Å²) in [6.45, 7) is 0.252. The van der Waals surface area contributed by atoms with E-state index in [1.165, 1.54) is 6.20 Å². The third-order valence-corrected chi connectivity index (χ3v) is 2.84. The van der Waals surface area contributed by atoms with Crippen LogP contribution in [0.2, 0.25) is 0 Å². The number of nitrogens with two attached hydrogens (primary N) is 1. The van der Waals surface area contributed by atoms with Gasteiger partial charge in [0.15, 0.2) is 5.75 Å². The zero-order valence-corrected chi connectivity index (χ0v) is 10.3. The Morgan fingerprint density at radius 2 is 2.29 bits per heavy atom. The number of pyridine rings is 1. The Labute approximate surface area is 100 Å². The summed E-state index contributed by atoms with van der Waals surface area (Å²) >= 11 is 0. The predicted molar refractivity (Wildman–Crippen MR) is 64.2 cm³/mol. The lowest BCUT2D eigenvalue weighted by molar-refractivity contribution is 0.303. The van der Waals surface area contributed by atoms with Crippen molar-refractivity contribution in [1.82, 2.24) is 4.98 Å². The first-order valence-corrected chi connectivity index (χ1v) is 7.20. The van der Waals surface area contributed by atoms with E-state index >= 15 is 0 Å². The van der Waals surface area contributed by atoms with Crippen molar-refractivity contribution in [1.29, 1.82) is 0 Å². The van der Waals surface area contributed by atoms with E-state index in [4.69, 9.17) is 10.5 Å². The minimum Gasteiger partial charge on any atom is -0.487 e. The Bertz CT molecular complexity index is 512. The van der Waals surface area contributed by atoms with Gasteiger partial charge in [0.05, 0.1) is 29.9 Å². The standard InChI is InChI=1S/C10H15N3O3S/c1-17(14,15)13-9-4-7(5-11)12-6-10(9)16-8-2-3-8/h4,6,8H,2-3,5,11H2,1H3,(H,12,13). The van der Waals surface area contributed by atoms with Gasteiger partial charge in [-0.2, -0.15) is 0 Å². The van der Waals surface area contributed by atoms with Gasteiger partial charge in [0, 0.05) is 6.54 Å². The van der Waals surface area contributed by atoms with Crippen molar-refractivity contribution >= 4 is 15.7 Å². The molecule has 1 heterocycles. The molecule has 1 saturated carbocycles. The fraction of sp³-hybridized carbons (Fsp3) is 0.500. The molecule has 1 aliphatic rings. The number of sulfonamides is 1. The molecule has 1 aliphatic carbocycles. The second kappa shape index (κ2) is 4.50. The molecule has 0 bridgehead atoms. The van der Waals surface area contributed by atoms with E-state index in [9.17, 15) is 8.42 Å². The van der Waals surface area contributed by atoms with E-state index < -0.39 is 10.0 Å². The molecular formula is C10H15N3O3S. The number of anilines is 1. The highest BCUT2D eigenvalue weighted by Crippen LogP contribution is 2.32. The van der Waals surface area contributed by atoms with E-state index in [2.05, 4.69) is 9.71 Å². The van der Waals surface area contributed by atoms with E-state index in [1.54, 1.807) is 6.07 Å². The molecule has 0 aliphatic heterocycles. The molecule has 2 rings (SSSR count). The van der Waals surface area contributed by atoms with Gasteiger partial charge < -0.3 is 10.5 Å². The van der Waals surface area contributed by atoms with Crippen LogP contribution in [0.3, 0.4) is 0 Å². The molecule has 1 fully saturated rings. The molecule has 0 spiro atoms. The third kappa shape index (κ3) is 3.57. The number of rotatable bonds is 5. The molecule has 0 saturated heterocycles. The molecular weight excluding hydrogens is 242 g/mol. The van der Waals surface area contributed by atoms with Gasteiger partial charge >= 0.3 is 0 Å². The Morgan fingerprint density at radius 3 is 2.82 bits per heavy atom. The Balaban J connectivity index is 2.28. The molecule has 17 heavy (non-hydrogen) atoms. The van der Waals surface area contributed by atoms with Gasteiger partial charge in [0.2, 0.25) is 10.0 Å². The van der Waals surface area contributed by atoms with Crippen molar-refractivity contribution in [2.75, 3.05) is 11.0 Å². The Kier molecular flexibility index (Phi) is 3.21. The SMILES string of the molecule is CS(=O)(=O)Nc1cc(CN)ncc1OC1CC1. The van der Waals surface area contributed by atoms with Gasteiger partial charge in [-0.3, -0.25) is 9.71 Å². The molecule has 0 radical (unpaired) electrons. The molecule has 0 atom stereocenters. The first kappa shape index (κ1) is 12.1. The zero-order chi connectivity index (χ0) is 12.5. The average molecular weight is 257 g/mol. The van der Waals surface area contributed by atoms with Gasteiger partial charge in [-0.25, -0.2) is 8.42 Å². The van der Waals surface area contributed by atoms with Gasteiger partial charge in [-0.15, -0.1) is 0 Å². The number of hydrogen-bond donors (Lipinski definition) is 2. The molecule has 0 aromatic carbocycles. The van der Waals surface area contributed by atoms with Crippen molar-refractivity contribution < 1.29 is 13.2 Å². The van der Waals surface area contributed by atoms with Crippen molar-refractivity contribution in [3.8, 4) is 5.75 Å². The molecule has 1 aromatic rings. The molecule has 0 unspecified atom stereocenters. The minimum atomic E-state index is -3.34. The molecule has 7 heteroatoms. The highest BCUT2D eigenvalue weighted by Gasteiger charge is 2.25. The largest absolute Gasteiger partial charge is 0.487 e. The molecule has 3 N–H and O–H groups in total. The van der Waals surface area contributed by atoms with Crippen molar-refractivity contribution in [3.63, 3.8) is 0 Å². The highest BCUT2D eigenvalue weighted by atomic mass is 32.2. The second-order valence-electron chi connectivity index (χ2n) is 4.07. The number of nitrogens with one attached hydrogen (secondary N) is 1. The third-order valence-electron chi connectivity index (χ3n) is 2.25. The van der Waals surface area contributed by atoms with Gasteiger partial charge in [-0.05, 0) is 18.9 Å². The summed E-state index contributed by atoms with van der Waals surface area (Å²) in [6.07, 6.45) is 4.78. The van der Waals surface area contributed by atoms with Gasteiger partial charge in [0.1, 0.15) is 0 Å². The topological polar surface area (TPSA) is 94.3 Å². The van der Waals surface area contributed by atoms with E-state index in [0.717, 1.165) is 19.1 Å². The van der Waals surface area contributed by atoms with Crippen LogP contribution in [-0.4, -0.2) is 25.8 Å². The maximum atomic E-state index is 11.2. The zero-order valence-electron chi connectivity index (χ0n) is 9.51. The molecule has 0 amide bonds. The summed E-state index contributed by atoms with van der Waals surface area (Å²) < 4.78 is 30.5. The lowest BCUT2D eigenvalue weighted by atomic mass is 10.3. The maximum Gasteiger partial charge on any atom is 0.229 e.